The third-order valence-corrected chi connectivity index (χ3v) is 1.88. The second-order valence-electron chi connectivity index (χ2n) is 2.80. The highest BCUT2D eigenvalue weighted by Crippen LogP contribution is 2.20. The van der Waals surface area contributed by atoms with Crippen LogP contribution in [-0.2, 0) is 0 Å². The van der Waals surface area contributed by atoms with Crippen molar-refractivity contribution < 1.29 is 14.1 Å². The minimum absolute atomic E-state index is 0.0424. The van der Waals surface area contributed by atoms with Gasteiger partial charge in [-0.1, -0.05) is 5.16 Å². The molecular weight excluding hydrogens is 196 g/mol. The van der Waals surface area contributed by atoms with Crippen LogP contribution in [0.1, 0.15) is 10.6 Å². The van der Waals surface area contributed by atoms with Gasteiger partial charge in [0, 0.05) is 5.56 Å². The summed E-state index contributed by atoms with van der Waals surface area (Å²) in [5.41, 5.74) is 0.747. The molecule has 0 aliphatic heterocycles. The molecule has 0 bridgehead atoms. The van der Waals surface area contributed by atoms with Gasteiger partial charge in [-0.2, -0.15) is 4.98 Å². The molecule has 1 aromatic heterocycles. The number of carbonyl (C=O) groups excluding carboxylic acids is 1. The zero-order valence-corrected chi connectivity index (χ0v) is 8.01. The second-order valence-corrected chi connectivity index (χ2v) is 2.80. The predicted octanol–water partition coefficient (Wildman–Crippen LogP) is 1.56. The maximum absolute atomic E-state index is 10.3. The SMILES string of the molecule is COc1ccc(-c2nc(C=O)no2)cc1. The van der Waals surface area contributed by atoms with E-state index in [0.717, 1.165) is 11.3 Å². The number of aldehydes is 1. The highest BCUT2D eigenvalue weighted by atomic mass is 16.5. The molecule has 0 amide bonds. The Morgan fingerprint density at radius 1 is 1.33 bits per heavy atom. The molecule has 0 aliphatic rings. The van der Waals surface area contributed by atoms with Crippen molar-refractivity contribution in [3.05, 3.63) is 30.1 Å². The van der Waals surface area contributed by atoms with Crippen LogP contribution in [-0.4, -0.2) is 23.5 Å². The number of methoxy groups -OCH3 is 1. The Kier molecular flexibility index (Phi) is 2.45. The van der Waals surface area contributed by atoms with E-state index < -0.39 is 0 Å². The highest BCUT2D eigenvalue weighted by Gasteiger charge is 2.07. The molecule has 76 valence electrons. The number of hydrogen-bond donors (Lipinski definition) is 0. The molecule has 15 heavy (non-hydrogen) atoms. The lowest BCUT2D eigenvalue weighted by Crippen LogP contribution is -1.84. The van der Waals surface area contributed by atoms with Crippen LogP contribution in [0.25, 0.3) is 11.5 Å². The first-order valence-corrected chi connectivity index (χ1v) is 4.27. The number of hydrogen-bond acceptors (Lipinski definition) is 5. The van der Waals surface area contributed by atoms with Crippen LogP contribution in [0.15, 0.2) is 28.8 Å². The average molecular weight is 204 g/mol. The van der Waals surface area contributed by atoms with Crippen molar-refractivity contribution in [3.63, 3.8) is 0 Å². The van der Waals surface area contributed by atoms with Crippen LogP contribution in [0.3, 0.4) is 0 Å². The first kappa shape index (κ1) is 9.39. The van der Waals surface area contributed by atoms with Gasteiger partial charge >= 0.3 is 0 Å². The molecular formula is C10H8N2O3. The maximum Gasteiger partial charge on any atom is 0.258 e. The molecule has 0 saturated heterocycles. The fourth-order valence-electron chi connectivity index (χ4n) is 1.13. The van der Waals surface area contributed by atoms with Gasteiger partial charge in [-0.05, 0) is 24.3 Å². The van der Waals surface area contributed by atoms with E-state index in [1.165, 1.54) is 0 Å². The molecule has 0 N–H and O–H groups in total. The molecule has 0 saturated carbocycles. The second kappa shape index (κ2) is 3.91. The number of benzene rings is 1. The molecule has 0 radical (unpaired) electrons. The fraction of sp³-hybridized carbons (Fsp3) is 0.100. The first-order valence-electron chi connectivity index (χ1n) is 4.27. The van der Waals surface area contributed by atoms with Crippen molar-refractivity contribution in [1.29, 1.82) is 0 Å². The molecule has 2 rings (SSSR count). The van der Waals surface area contributed by atoms with Crippen molar-refractivity contribution in [1.82, 2.24) is 10.1 Å². The summed E-state index contributed by atoms with van der Waals surface area (Å²) in [7, 11) is 1.59. The van der Waals surface area contributed by atoms with E-state index >= 15 is 0 Å². The number of rotatable bonds is 3. The Morgan fingerprint density at radius 2 is 2.07 bits per heavy atom. The monoisotopic (exact) mass is 204 g/mol. The van der Waals surface area contributed by atoms with Crippen molar-refractivity contribution in [3.8, 4) is 17.2 Å². The van der Waals surface area contributed by atoms with Crippen LogP contribution in [0, 0.1) is 0 Å². The number of ether oxygens (including phenoxy) is 1. The molecule has 1 aromatic carbocycles. The quantitative estimate of drug-likeness (QED) is 0.710. The van der Waals surface area contributed by atoms with Crippen molar-refractivity contribution in [2.45, 2.75) is 0 Å². The standard InChI is InChI=1S/C10H8N2O3/c1-14-8-4-2-7(3-5-8)10-11-9(6-13)12-15-10/h2-6H,1H3. The lowest BCUT2D eigenvalue weighted by Gasteiger charge is -1.98. The summed E-state index contributed by atoms with van der Waals surface area (Å²) in [6.45, 7) is 0. The van der Waals surface area contributed by atoms with E-state index in [-0.39, 0.29) is 5.82 Å². The van der Waals surface area contributed by atoms with Gasteiger partial charge in [0.05, 0.1) is 7.11 Å². The van der Waals surface area contributed by atoms with Crippen LogP contribution in [0.5, 0.6) is 5.75 Å². The Morgan fingerprint density at radius 3 is 2.60 bits per heavy atom. The third kappa shape index (κ3) is 1.85. The van der Waals surface area contributed by atoms with Gasteiger partial charge in [-0.15, -0.1) is 0 Å². The Labute approximate surface area is 85.7 Å². The largest absolute Gasteiger partial charge is 0.497 e. The summed E-state index contributed by atoms with van der Waals surface area (Å²) < 4.78 is 9.89. The summed E-state index contributed by atoms with van der Waals surface area (Å²) in [5, 5.41) is 3.47. The van der Waals surface area contributed by atoms with E-state index in [9.17, 15) is 4.79 Å². The number of nitrogens with zero attached hydrogens (tertiary/aromatic N) is 2. The van der Waals surface area contributed by atoms with Gasteiger partial charge in [0.15, 0.2) is 6.29 Å². The molecule has 2 aromatic rings. The van der Waals surface area contributed by atoms with Gasteiger partial charge in [0.2, 0.25) is 5.82 Å². The maximum atomic E-state index is 10.3. The summed E-state index contributed by atoms with van der Waals surface area (Å²) in [6, 6.07) is 7.11. The van der Waals surface area contributed by atoms with Gasteiger partial charge in [0.25, 0.3) is 5.89 Å². The van der Waals surface area contributed by atoms with Crippen LogP contribution >= 0.6 is 0 Å². The Bertz CT molecular complexity index is 462. The zero-order valence-electron chi connectivity index (χ0n) is 8.01. The molecule has 0 atom stereocenters. The molecule has 0 spiro atoms. The lowest BCUT2D eigenvalue weighted by atomic mass is 10.2. The van der Waals surface area contributed by atoms with Crippen LogP contribution in [0.2, 0.25) is 0 Å². The summed E-state index contributed by atoms with van der Waals surface area (Å²) in [6.07, 6.45) is 0.538. The van der Waals surface area contributed by atoms with Gasteiger partial charge in [-0.3, -0.25) is 4.79 Å². The summed E-state index contributed by atoms with van der Waals surface area (Å²) in [4.78, 5) is 14.2. The zero-order chi connectivity index (χ0) is 10.7. The number of carbonyl (C=O) groups is 1. The van der Waals surface area contributed by atoms with E-state index in [1.54, 1.807) is 31.4 Å². The summed E-state index contributed by atoms with van der Waals surface area (Å²) in [5.74, 6) is 1.11. The molecule has 5 heteroatoms. The minimum Gasteiger partial charge on any atom is -0.497 e. The first-order chi connectivity index (χ1) is 7.33. The van der Waals surface area contributed by atoms with Gasteiger partial charge in [-0.25, -0.2) is 0 Å². The normalized spacial score (nSPS) is 9.93. The minimum atomic E-state index is 0.0424. The van der Waals surface area contributed by atoms with Crippen molar-refractivity contribution >= 4 is 6.29 Å². The van der Waals surface area contributed by atoms with E-state index in [0.29, 0.717) is 12.2 Å². The van der Waals surface area contributed by atoms with E-state index in [4.69, 9.17) is 9.26 Å². The van der Waals surface area contributed by atoms with E-state index in [2.05, 4.69) is 10.1 Å². The number of aromatic nitrogens is 2. The topological polar surface area (TPSA) is 65.2 Å². The highest BCUT2D eigenvalue weighted by molar-refractivity contribution is 5.69. The predicted molar refractivity (Wildman–Crippen MR) is 51.7 cm³/mol. The average Bonchev–Trinajstić information content (AvgIpc) is 2.78. The molecule has 0 fully saturated rings. The van der Waals surface area contributed by atoms with Crippen molar-refractivity contribution in [2.24, 2.45) is 0 Å². The Hall–Kier alpha value is -2.17. The van der Waals surface area contributed by atoms with Gasteiger partial charge < -0.3 is 9.26 Å². The molecule has 0 unspecified atom stereocenters. The van der Waals surface area contributed by atoms with E-state index in [1.807, 2.05) is 0 Å². The Balaban J connectivity index is 2.32. The van der Waals surface area contributed by atoms with Crippen molar-refractivity contribution in [2.75, 3.05) is 7.11 Å². The van der Waals surface area contributed by atoms with Gasteiger partial charge in [0.1, 0.15) is 5.75 Å². The lowest BCUT2D eigenvalue weighted by molar-refractivity contribution is 0.111. The third-order valence-electron chi connectivity index (χ3n) is 1.88. The van der Waals surface area contributed by atoms with Crippen LogP contribution < -0.4 is 4.74 Å². The van der Waals surface area contributed by atoms with Crippen LogP contribution in [0.4, 0.5) is 0 Å². The smallest absolute Gasteiger partial charge is 0.258 e. The fourth-order valence-corrected chi connectivity index (χ4v) is 1.13. The molecule has 5 nitrogen and oxygen atoms in total. The molecule has 1 heterocycles. The summed E-state index contributed by atoms with van der Waals surface area (Å²) >= 11 is 0. The molecule has 0 aliphatic carbocycles.